The van der Waals surface area contributed by atoms with Crippen molar-refractivity contribution in [3.05, 3.63) is 34.4 Å². The predicted molar refractivity (Wildman–Crippen MR) is 56.3 cm³/mol. The molecule has 1 saturated heterocycles. The number of rotatable bonds is 3. The smallest absolute Gasteiger partial charge is 0.335 e. The zero-order chi connectivity index (χ0) is 11.4. The lowest BCUT2D eigenvalue weighted by Crippen LogP contribution is -2.31. The van der Waals surface area contributed by atoms with Crippen molar-refractivity contribution >= 4 is 5.91 Å². The lowest BCUT2D eigenvalue weighted by Gasteiger charge is -2.10. The van der Waals surface area contributed by atoms with Crippen molar-refractivity contribution in [2.45, 2.75) is 18.9 Å². The summed E-state index contributed by atoms with van der Waals surface area (Å²) in [6, 6.07) is 2.66. The lowest BCUT2D eigenvalue weighted by molar-refractivity contribution is 0.0856. The molecular weight excluding hydrogens is 210 g/mol. The molecule has 86 valence electrons. The molecule has 0 aliphatic carbocycles. The summed E-state index contributed by atoms with van der Waals surface area (Å²) in [6.07, 6.45) is 3.29. The highest BCUT2D eigenvalue weighted by molar-refractivity contribution is 5.93. The summed E-state index contributed by atoms with van der Waals surface area (Å²) in [5.41, 5.74) is -0.117. The first kappa shape index (κ1) is 10.9. The molecule has 0 bridgehead atoms. The first-order valence-corrected chi connectivity index (χ1v) is 5.24. The molecule has 1 aliphatic rings. The third-order valence-electron chi connectivity index (χ3n) is 2.48. The molecule has 1 atom stereocenters. The van der Waals surface area contributed by atoms with E-state index >= 15 is 0 Å². The van der Waals surface area contributed by atoms with Gasteiger partial charge in [0.1, 0.15) is 6.26 Å². The van der Waals surface area contributed by atoms with Crippen LogP contribution in [0, 0.1) is 0 Å². The molecule has 0 spiro atoms. The first-order valence-electron chi connectivity index (χ1n) is 5.24. The zero-order valence-electron chi connectivity index (χ0n) is 8.77. The third kappa shape index (κ3) is 2.70. The van der Waals surface area contributed by atoms with Gasteiger partial charge in [-0.05, 0) is 18.9 Å². The van der Waals surface area contributed by atoms with Crippen LogP contribution in [0.15, 0.2) is 27.6 Å². The molecule has 5 heteroatoms. The Balaban J connectivity index is 1.87. The van der Waals surface area contributed by atoms with E-state index in [2.05, 4.69) is 9.73 Å². The molecule has 1 fully saturated rings. The molecule has 1 N–H and O–H groups in total. The molecular formula is C11H13NO4. The SMILES string of the molecule is O=C(NCC1CCCO1)c1ccc(=O)oc1. The summed E-state index contributed by atoms with van der Waals surface area (Å²) in [5.74, 6) is -0.251. The van der Waals surface area contributed by atoms with Gasteiger partial charge in [-0.25, -0.2) is 4.79 Å². The molecule has 1 aliphatic heterocycles. The monoisotopic (exact) mass is 223 g/mol. The number of hydrogen-bond donors (Lipinski definition) is 1. The zero-order valence-corrected chi connectivity index (χ0v) is 8.77. The Morgan fingerprint density at radius 1 is 1.50 bits per heavy atom. The van der Waals surface area contributed by atoms with E-state index in [-0.39, 0.29) is 12.0 Å². The van der Waals surface area contributed by atoms with E-state index in [1.807, 2.05) is 0 Å². The third-order valence-corrected chi connectivity index (χ3v) is 2.48. The van der Waals surface area contributed by atoms with Gasteiger partial charge in [0.05, 0.1) is 11.7 Å². The largest absolute Gasteiger partial charge is 0.430 e. The molecule has 2 rings (SSSR count). The van der Waals surface area contributed by atoms with Crippen LogP contribution >= 0.6 is 0 Å². The Morgan fingerprint density at radius 2 is 2.38 bits per heavy atom. The quantitative estimate of drug-likeness (QED) is 0.812. The van der Waals surface area contributed by atoms with Crippen molar-refractivity contribution in [2.24, 2.45) is 0 Å². The van der Waals surface area contributed by atoms with Crippen molar-refractivity contribution in [1.82, 2.24) is 5.32 Å². The molecule has 0 radical (unpaired) electrons. The van der Waals surface area contributed by atoms with Crippen LogP contribution in [0.5, 0.6) is 0 Å². The van der Waals surface area contributed by atoms with Crippen LogP contribution in [0.4, 0.5) is 0 Å². The second kappa shape index (κ2) is 4.94. The summed E-state index contributed by atoms with van der Waals surface area (Å²) in [5, 5.41) is 2.73. The summed E-state index contributed by atoms with van der Waals surface area (Å²) in [4.78, 5) is 22.3. The highest BCUT2D eigenvalue weighted by Crippen LogP contribution is 2.10. The molecule has 2 heterocycles. The Kier molecular flexibility index (Phi) is 3.36. The van der Waals surface area contributed by atoms with Gasteiger partial charge in [-0.3, -0.25) is 4.79 Å². The van der Waals surface area contributed by atoms with Gasteiger partial charge in [0, 0.05) is 19.2 Å². The minimum atomic E-state index is -0.462. The second-order valence-corrected chi connectivity index (χ2v) is 3.69. The molecule has 5 nitrogen and oxygen atoms in total. The van der Waals surface area contributed by atoms with Crippen LogP contribution in [-0.4, -0.2) is 25.2 Å². The summed E-state index contributed by atoms with van der Waals surface area (Å²) >= 11 is 0. The molecule has 1 unspecified atom stereocenters. The first-order chi connectivity index (χ1) is 7.75. The van der Waals surface area contributed by atoms with Gasteiger partial charge < -0.3 is 14.5 Å². The van der Waals surface area contributed by atoms with Crippen molar-refractivity contribution in [1.29, 1.82) is 0 Å². The fourth-order valence-electron chi connectivity index (χ4n) is 1.60. The maximum atomic E-state index is 11.6. The van der Waals surface area contributed by atoms with E-state index < -0.39 is 5.63 Å². The fraction of sp³-hybridized carbons (Fsp3) is 0.455. The number of ether oxygens (including phenoxy) is 1. The van der Waals surface area contributed by atoms with Crippen LogP contribution in [0.3, 0.4) is 0 Å². The van der Waals surface area contributed by atoms with E-state index in [9.17, 15) is 9.59 Å². The number of hydrogen-bond acceptors (Lipinski definition) is 4. The number of amides is 1. The van der Waals surface area contributed by atoms with Crippen molar-refractivity contribution in [3.8, 4) is 0 Å². The topological polar surface area (TPSA) is 68.5 Å². The van der Waals surface area contributed by atoms with Gasteiger partial charge >= 0.3 is 5.63 Å². The molecule has 1 aromatic rings. The summed E-state index contributed by atoms with van der Waals surface area (Å²) in [6.45, 7) is 1.26. The van der Waals surface area contributed by atoms with Crippen molar-refractivity contribution in [3.63, 3.8) is 0 Å². The van der Waals surface area contributed by atoms with E-state index in [0.29, 0.717) is 12.1 Å². The normalized spacial score (nSPS) is 19.6. The number of nitrogens with one attached hydrogen (secondary N) is 1. The lowest BCUT2D eigenvalue weighted by atomic mass is 10.2. The standard InChI is InChI=1S/C11H13NO4/c13-10-4-3-8(7-16-10)11(14)12-6-9-2-1-5-15-9/h3-4,7,9H,1-2,5-6H2,(H,12,14). The summed E-state index contributed by atoms with van der Waals surface area (Å²) in [7, 11) is 0. The minimum absolute atomic E-state index is 0.111. The fourth-order valence-corrected chi connectivity index (χ4v) is 1.60. The Hall–Kier alpha value is -1.62. The van der Waals surface area contributed by atoms with Gasteiger partial charge in [-0.15, -0.1) is 0 Å². The van der Waals surface area contributed by atoms with Crippen LogP contribution in [-0.2, 0) is 4.74 Å². The molecule has 1 amide bonds. The second-order valence-electron chi connectivity index (χ2n) is 3.69. The van der Waals surface area contributed by atoms with Gasteiger partial charge in [0.25, 0.3) is 5.91 Å². The van der Waals surface area contributed by atoms with Crippen LogP contribution in [0.2, 0.25) is 0 Å². The molecule has 16 heavy (non-hydrogen) atoms. The minimum Gasteiger partial charge on any atom is -0.430 e. The van der Waals surface area contributed by atoms with Crippen molar-refractivity contribution in [2.75, 3.05) is 13.2 Å². The average Bonchev–Trinajstić information content (AvgIpc) is 2.80. The highest BCUT2D eigenvalue weighted by Gasteiger charge is 2.16. The van der Waals surface area contributed by atoms with Gasteiger partial charge in [0.15, 0.2) is 0 Å². The van der Waals surface area contributed by atoms with E-state index in [1.165, 1.54) is 12.1 Å². The maximum Gasteiger partial charge on any atom is 0.335 e. The Bertz CT molecular complexity index is 400. The average molecular weight is 223 g/mol. The van der Waals surface area contributed by atoms with E-state index in [4.69, 9.17) is 4.74 Å². The highest BCUT2D eigenvalue weighted by atomic mass is 16.5. The number of carbonyl (C=O) groups is 1. The van der Waals surface area contributed by atoms with E-state index in [1.54, 1.807) is 0 Å². The molecule has 0 saturated carbocycles. The molecule has 1 aromatic heterocycles. The Labute approximate surface area is 92.4 Å². The maximum absolute atomic E-state index is 11.6. The number of carbonyl (C=O) groups excluding carboxylic acids is 1. The van der Waals surface area contributed by atoms with E-state index in [0.717, 1.165) is 25.7 Å². The van der Waals surface area contributed by atoms with Gasteiger partial charge in [-0.2, -0.15) is 0 Å². The van der Waals surface area contributed by atoms with Crippen LogP contribution in [0.1, 0.15) is 23.2 Å². The van der Waals surface area contributed by atoms with Gasteiger partial charge in [0.2, 0.25) is 0 Å². The van der Waals surface area contributed by atoms with Crippen LogP contribution < -0.4 is 10.9 Å². The van der Waals surface area contributed by atoms with Crippen LogP contribution in [0.25, 0.3) is 0 Å². The molecule has 0 aromatic carbocycles. The summed E-state index contributed by atoms with van der Waals surface area (Å²) < 4.78 is 9.97. The predicted octanol–water partition coefficient (Wildman–Crippen LogP) is 0.549. The van der Waals surface area contributed by atoms with Crippen molar-refractivity contribution < 1.29 is 13.9 Å². The Morgan fingerprint density at radius 3 is 3.00 bits per heavy atom. The van der Waals surface area contributed by atoms with Gasteiger partial charge in [-0.1, -0.05) is 0 Å².